The van der Waals surface area contributed by atoms with E-state index in [-0.39, 0.29) is 37.0 Å². The molecule has 8 heteroatoms. The van der Waals surface area contributed by atoms with Crippen molar-refractivity contribution < 1.29 is 23.8 Å². The molecular formula is C26H35FN2O4S. The molecule has 6 nitrogen and oxygen atoms in total. The van der Waals surface area contributed by atoms with E-state index in [0.717, 1.165) is 18.5 Å². The van der Waals surface area contributed by atoms with Crippen LogP contribution in [0.15, 0.2) is 35.7 Å². The van der Waals surface area contributed by atoms with E-state index in [1.54, 1.807) is 23.5 Å². The number of rotatable bonds is 12. The third-order valence-electron chi connectivity index (χ3n) is 6.30. The lowest BCUT2D eigenvalue weighted by atomic mass is 10.0. The number of carbonyl (C=O) groups excluding carboxylic acids is 1. The predicted octanol–water partition coefficient (Wildman–Crippen LogP) is 3.89. The van der Waals surface area contributed by atoms with Crippen LogP contribution in [-0.2, 0) is 16.0 Å². The summed E-state index contributed by atoms with van der Waals surface area (Å²) in [5.74, 6) is 0.925. The molecule has 1 fully saturated rings. The number of benzene rings is 1. The molecule has 2 atom stereocenters. The Morgan fingerprint density at radius 2 is 2.03 bits per heavy atom. The molecule has 4 rings (SSSR count). The number of nitrogens with zero attached hydrogens (tertiary/aromatic N) is 2. The van der Waals surface area contributed by atoms with E-state index in [1.807, 2.05) is 18.7 Å². The third-order valence-corrected chi connectivity index (χ3v) is 7.30. The molecule has 0 radical (unpaired) electrons. The highest BCUT2D eigenvalue weighted by Crippen LogP contribution is 2.34. The lowest BCUT2D eigenvalue weighted by Gasteiger charge is -2.37. The summed E-state index contributed by atoms with van der Waals surface area (Å²) in [6.45, 7) is 6.62. The number of aliphatic hydroxyl groups is 1. The largest absolute Gasteiger partial charge is 0.491 e. The lowest BCUT2D eigenvalue weighted by Crippen LogP contribution is -2.48. The fraction of sp³-hybridized carbons (Fsp3) is 0.577. The average molecular weight is 491 g/mol. The second-order valence-electron chi connectivity index (χ2n) is 9.59. The van der Waals surface area contributed by atoms with Gasteiger partial charge in [0, 0.05) is 24.5 Å². The molecule has 1 saturated carbocycles. The van der Waals surface area contributed by atoms with Crippen LogP contribution in [0.2, 0.25) is 0 Å². The first kappa shape index (κ1) is 25.1. The molecule has 1 aromatic carbocycles. The molecular weight excluding hydrogens is 455 g/mol. The Balaban J connectivity index is 1.42. The fourth-order valence-corrected chi connectivity index (χ4v) is 5.31. The lowest BCUT2D eigenvalue weighted by molar-refractivity contribution is -0.136. The van der Waals surface area contributed by atoms with Gasteiger partial charge in [-0.1, -0.05) is 0 Å². The van der Waals surface area contributed by atoms with E-state index in [9.17, 15) is 14.3 Å². The van der Waals surface area contributed by atoms with Gasteiger partial charge in [-0.3, -0.25) is 9.69 Å². The van der Waals surface area contributed by atoms with E-state index in [2.05, 4.69) is 16.3 Å². The fourth-order valence-electron chi connectivity index (χ4n) is 4.39. The molecule has 1 N–H and O–H groups in total. The first-order chi connectivity index (χ1) is 16.4. The Morgan fingerprint density at radius 3 is 2.74 bits per heavy atom. The molecule has 1 aliphatic carbocycles. The summed E-state index contributed by atoms with van der Waals surface area (Å²) in [6, 6.07) is 7.85. The third kappa shape index (κ3) is 7.01. The monoisotopic (exact) mass is 490 g/mol. The van der Waals surface area contributed by atoms with Crippen molar-refractivity contribution in [2.75, 3.05) is 39.4 Å². The quantitative estimate of drug-likeness (QED) is 0.489. The SMILES string of the molecule is CC(C)OC[C@@H](O)CN(CC(=O)N1CCc2sccc2[C@@H]1COc1ccc(F)cc1)CC1CC1. The summed E-state index contributed by atoms with van der Waals surface area (Å²) in [5.41, 5.74) is 1.13. The van der Waals surface area contributed by atoms with Gasteiger partial charge in [-0.25, -0.2) is 4.39 Å². The average Bonchev–Trinajstić information content (AvgIpc) is 3.48. The van der Waals surface area contributed by atoms with Crippen molar-refractivity contribution in [1.29, 1.82) is 0 Å². The molecule has 186 valence electrons. The van der Waals surface area contributed by atoms with E-state index < -0.39 is 6.10 Å². The Hall–Kier alpha value is -2.00. The second kappa shape index (κ2) is 11.6. The second-order valence-corrected chi connectivity index (χ2v) is 10.6. The standard InChI is InChI=1S/C26H35FN2O4S/c1-18(2)32-16-21(30)14-28(13-19-3-4-19)15-26(31)29-11-9-25-23(10-12-34-25)24(29)17-33-22-7-5-20(27)6-8-22/h5-8,10,12,18-19,21,24,30H,3-4,9,11,13-17H2,1-2H3/t21-,24-/m0/s1. The van der Waals surface area contributed by atoms with Gasteiger partial charge in [0.1, 0.15) is 18.2 Å². The van der Waals surface area contributed by atoms with Crippen LogP contribution in [0.25, 0.3) is 0 Å². The van der Waals surface area contributed by atoms with Crippen LogP contribution in [-0.4, -0.2) is 72.4 Å². The topological polar surface area (TPSA) is 62.2 Å². The van der Waals surface area contributed by atoms with Gasteiger partial charge in [-0.15, -0.1) is 11.3 Å². The summed E-state index contributed by atoms with van der Waals surface area (Å²) in [7, 11) is 0. The number of fused-ring (bicyclic) bond motifs is 1. The minimum atomic E-state index is -0.628. The van der Waals surface area contributed by atoms with Crippen LogP contribution < -0.4 is 4.74 Å². The number of thiophene rings is 1. The van der Waals surface area contributed by atoms with Crippen LogP contribution in [0, 0.1) is 11.7 Å². The van der Waals surface area contributed by atoms with Crippen molar-refractivity contribution in [3.05, 3.63) is 52.0 Å². The molecule has 1 aromatic heterocycles. The van der Waals surface area contributed by atoms with Crippen molar-refractivity contribution in [3.8, 4) is 5.75 Å². The summed E-state index contributed by atoms with van der Waals surface area (Å²) < 4.78 is 24.8. The highest BCUT2D eigenvalue weighted by atomic mass is 32.1. The summed E-state index contributed by atoms with van der Waals surface area (Å²) in [5, 5.41) is 12.5. The maximum absolute atomic E-state index is 13.5. The number of ether oxygens (including phenoxy) is 2. The molecule has 0 bridgehead atoms. The van der Waals surface area contributed by atoms with E-state index in [4.69, 9.17) is 9.47 Å². The van der Waals surface area contributed by atoms with Crippen molar-refractivity contribution >= 4 is 17.2 Å². The van der Waals surface area contributed by atoms with Crippen molar-refractivity contribution in [2.24, 2.45) is 5.92 Å². The van der Waals surface area contributed by atoms with Gasteiger partial charge >= 0.3 is 0 Å². The highest BCUT2D eigenvalue weighted by Gasteiger charge is 2.34. The molecule has 1 aliphatic heterocycles. The van der Waals surface area contributed by atoms with Gasteiger partial charge in [0.05, 0.1) is 31.4 Å². The van der Waals surface area contributed by atoms with Crippen LogP contribution >= 0.6 is 11.3 Å². The zero-order chi connectivity index (χ0) is 24.1. The van der Waals surface area contributed by atoms with Crippen LogP contribution in [0.3, 0.4) is 0 Å². The van der Waals surface area contributed by atoms with Crippen LogP contribution in [0.5, 0.6) is 5.75 Å². The first-order valence-electron chi connectivity index (χ1n) is 12.1. The number of hydrogen-bond acceptors (Lipinski definition) is 6. The van der Waals surface area contributed by atoms with Crippen LogP contribution in [0.1, 0.15) is 43.2 Å². The zero-order valence-electron chi connectivity index (χ0n) is 20.0. The Labute approximate surface area is 205 Å². The predicted molar refractivity (Wildman–Crippen MR) is 131 cm³/mol. The number of amides is 1. The Kier molecular flexibility index (Phi) is 8.58. The van der Waals surface area contributed by atoms with Gasteiger partial charge < -0.3 is 19.5 Å². The Morgan fingerprint density at radius 1 is 1.26 bits per heavy atom. The summed E-state index contributed by atoms with van der Waals surface area (Å²) in [4.78, 5) is 18.8. The van der Waals surface area contributed by atoms with Crippen molar-refractivity contribution in [1.82, 2.24) is 9.80 Å². The van der Waals surface area contributed by atoms with E-state index in [0.29, 0.717) is 31.4 Å². The number of halogens is 1. The molecule has 34 heavy (non-hydrogen) atoms. The number of hydrogen-bond donors (Lipinski definition) is 1. The van der Waals surface area contributed by atoms with Gasteiger partial charge in [-0.05, 0) is 80.3 Å². The molecule has 0 unspecified atom stereocenters. The number of carbonyl (C=O) groups is 1. The Bertz CT molecular complexity index is 931. The minimum absolute atomic E-state index is 0.0437. The van der Waals surface area contributed by atoms with Crippen molar-refractivity contribution in [3.63, 3.8) is 0 Å². The van der Waals surface area contributed by atoms with Gasteiger partial charge in [0.2, 0.25) is 5.91 Å². The van der Waals surface area contributed by atoms with Gasteiger partial charge in [0.15, 0.2) is 0 Å². The normalized spacial score (nSPS) is 18.9. The molecule has 0 saturated heterocycles. The smallest absolute Gasteiger partial charge is 0.237 e. The summed E-state index contributed by atoms with van der Waals surface area (Å²) >= 11 is 1.71. The first-order valence-corrected chi connectivity index (χ1v) is 13.0. The molecule has 2 heterocycles. The van der Waals surface area contributed by atoms with Crippen molar-refractivity contribution in [2.45, 2.75) is 51.4 Å². The molecule has 0 spiro atoms. The van der Waals surface area contributed by atoms with E-state index in [1.165, 1.54) is 29.9 Å². The highest BCUT2D eigenvalue weighted by molar-refractivity contribution is 7.10. The molecule has 2 aromatic rings. The minimum Gasteiger partial charge on any atom is -0.491 e. The molecule has 2 aliphatic rings. The maximum atomic E-state index is 13.5. The number of aliphatic hydroxyl groups excluding tert-OH is 1. The van der Waals surface area contributed by atoms with Gasteiger partial charge in [-0.2, -0.15) is 0 Å². The van der Waals surface area contributed by atoms with Gasteiger partial charge in [0.25, 0.3) is 0 Å². The molecule has 1 amide bonds. The maximum Gasteiger partial charge on any atom is 0.237 e. The van der Waals surface area contributed by atoms with E-state index >= 15 is 0 Å². The summed E-state index contributed by atoms with van der Waals surface area (Å²) in [6.07, 6.45) is 2.62. The zero-order valence-corrected chi connectivity index (χ0v) is 20.8. The van der Waals surface area contributed by atoms with Crippen LogP contribution in [0.4, 0.5) is 4.39 Å².